The second kappa shape index (κ2) is 51.4. The Hall–Kier alpha value is -5.04. The Labute approximate surface area is 791 Å². The number of rotatable bonds is 24. The predicted octanol–water partition coefficient (Wildman–Crippen LogP) is -8.31. The van der Waals surface area contributed by atoms with E-state index in [1.165, 1.54) is 0 Å². The molecule has 4 aliphatic carbocycles. The van der Waals surface area contributed by atoms with Gasteiger partial charge in [-0.3, -0.25) is 0 Å². The van der Waals surface area contributed by atoms with Crippen LogP contribution in [0.25, 0.3) is 0 Å². The molecule has 0 bridgehead atoms. The summed E-state index contributed by atoms with van der Waals surface area (Å²) in [7, 11) is -12.4. The molecular formula is C84H128O48S4. The van der Waals surface area contributed by atoms with E-state index in [4.69, 9.17) is 142 Å². The molecule has 52 heteroatoms. The summed E-state index contributed by atoms with van der Waals surface area (Å²) in [5.41, 5.74) is 1.72. The fraction of sp³-hybridized carbons (Fsp3) is 0.810. The normalized spacial score (nSPS) is 35.9. The standard InChI is InChI=1S/2C29H40O9.2C13H24O9.4O3S/c1-27(2)32-15-21(36-27)24-22(30)19(33-26(34-24)16-10-8-7-9-11-16)12-17-13-20-25(38-29(5,6)35-20)23-18(17)14-31-28(3,4)37-23;1-27(2)31-14-20(36-27)22-17(13-19-24(22)38-29(5,6)35-19)12-18-23(30)25(21-15-32-28(3,4)37-21)34-26(33-18)16-10-8-7-9-11-16;14-3-6-5(1-7(16)11(20)10(6)19)2-8(17)12(21)13(22)9(18)4-15;14-3-8(18)10-5(1-6(16)11(10)20)2-7(17)12(21)13(22)9(19)4-15;4*1-4(2)3/h2*7-11,18-26H,12-15H2,1-6H3;2*6-20,22H,1-4H2;;;;/t18-,19+,20-,21-,22-,23-,24-,25-,26?;18-,19+,20+,21+,22-,23+,24+,25+,26?;6-,7-,8+,9-,10-,11-,12-,13-;6-,7+,8-,9-,10+,11-,12-,13-;;;;/m1011..../s1. The Morgan fingerprint density at radius 3 is 1.12 bits per heavy atom. The van der Waals surface area contributed by atoms with Gasteiger partial charge in [-0.15, -0.1) is 50.5 Å². The molecule has 48 nitrogen and oxygen atoms in total. The minimum atomic E-state index is -3.11. The van der Waals surface area contributed by atoms with E-state index in [1.807, 2.05) is 144 Å². The lowest BCUT2D eigenvalue weighted by molar-refractivity contribution is -0.496. The number of ether oxygens (including phenoxy) is 16. The maximum Gasteiger partial charge on any atom is 0.425 e. The Bertz CT molecular complexity index is 4180. The average Bonchev–Trinajstić information content (AvgIpc) is 1.55. The summed E-state index contributed by atoms with van der Waals surface area (Å²) in [5.74, 6) is -3.42. The van der Waals surface area contributed by atoms with Crippen LogP contribution in [0.3, 0.4) is 0 Å². The molecule has 12 fully saturated rings. The Morgan fingerprint density at radius 2 is 0.721 bits per heavy atom. The minimum absolute atomic E-state index is 0.0287. The van der Waals surface area contributed by atoms with Crippen molar-refractivity contribution in [2.24, 2.45) is 23.7 Å². The second-order valence-electron chi connectivity index (χ2n) is 37.1. The van der Waals surface area contributed by atoms with E-state index < -0.39 is 262 Å². The number of hydrogen-bond acceptors (Lipinski definition) is 48. The van der Waals surface area contributed by atoms with E-state index in [1.54, 1.807) is 0 Å². The van der Waals surface area contributed by atoms with Gasteiger partial charge in [-0.2, -0.15) is 0 Å². The van der Waals surface area contributed by atoms with Crippen molar-refractivity contribution in [1.82, 2.24) is 0 Å². The first-order valence-electron chi connectivity index (χ1n) is 43.6. The van der Waals surface area contributed by atoms with Crippen LogP contribution < -0.4 is 20.4 Å². The van der Waals surface area contributed by atoms with Crippen molar-refractivity contribution in [2.75, 3.05) is 52.9 Å². The second-order valence-corrected chi connectivity index (χ2v) is 38.7. The van der Waals surface area contributed by atoms with Crippen LogP contribution in [-0.4, -0.2) is 391 Å². The summed E-state index contributed by atoms with van der Waals surface area (Å²) in [4.78, 5) is 0. The Kier molecular flexibility index (Phi) is 44.6. The summed E-state index contributed by atoms with van der Waals surface area (Å²) < 4.78 is 200. The molecule has 2 aromatic rings. The predicted molar refractivity (Wildman–Crippen MR) is 443 cm³/mol. The molecule has 2 unspecified atom stereocenters. The maximum absolute atomic E-state index is 13.9. The number of aliphatic hydroxyl groups excluding tert-OH is 16. The van der Waals surface area contributed by atoms with E-state index in [-0.39, 0.29) is 80.1 Å². The van der Waals surface area contributed by atoms with Crippen molar-refractivity contribution >= 4 is 42.4 Å². The molecule has 8 saturated heterocycles. The molecule has 0 amide bonds. The van der Waals surface area contributed by atoms with Crippen molar-refractivity contribution in [2.45, 2.75) is 353 Å². The third kappa shape index (κ3) is 33.5. The fourth-order valence-electron chi connectivity index (χ4n) is 18.5. The van der Waals surface area contributed by atoms with Crippen molar-refractivity contribution in [3.63, 3.8) is 0 Å². The van der Waals surface area contributed by atoms with Gasteiger partial charge < -0.3 is 178 Å². The Balaban J connectivity index is 0.000000240. The molecule has 16 N–H and O–H groups in total. The van der Waals surface area contributed by atoms with Gasteiger partial charge in [-0.05, 0) is 83.1 Å². The molecule has 12 aliphatic rings. The lowest BCUT2D eigenvalue weighted by Crippen LogP contribution is -2.62. The zero-order chi connectivity index (χ0) is 102. The van der Waals surface area contributed by atoms with Gasteiger partial charge in [0, 0.05) is 11.1 Å². The number of benzene rings is 2. The van der Waals surface area contributed by atoms with Gasteiger partial charge in [0.15, 0.2) is 71.0 Å². The molecule has 8 heterocycles. The zero-order valence-electron chi connectivity index (χ0n) is 76.6. The van der Waals surface area contributed by atoms with E-state index in [0.29, 0.717) is 58.0 Å². The van der Waals surface area contributed by atoms with E-state index >= 15 is 0 Å². The number of aliphatic hydroxyl groups is 16. The topological polar surface area (TPSA) is 768 Å². The number of hydrogen-bond donors (Lipinski definition) is 16. The lowest BCUT2D eigenvalue weighted by atomic mass is 9.71. The first kappa shape index (κ1) is 118. The molecule has 14 rings (SSSR count). The summed E-state index contributed by atoms with van der Waals surface area (Å²) in [6.07, 6.45) is -29.5. The number of fused-ring (bicyclic) bond motifs is 4. The summed E-state index contributed by atoms with van der Waals surface area (Å²) in [6.45, 7) is 21.5. The molecule has 136 heavy (non-hydrogen) atoms. The highest BCUT2D eigenvalue weighted by molar-refractivity contribution is 7.59. The highest BCUT2D eigenvalue weighted by Crippen LogP contribution is 2.54. The molecule has 0 aromatic heterocycles. The van der Waals surface area contributed by atoms with Crippen LogP contribution in [0, 0.1) is 47.3 Å². The SMILES string of the molecule is CC1(C)OC[C@@H]2[C+](C[C@@H]3OC(c4ccccc4)O[C@H]([C@H]4COC(C)(C)O4)[C@@H]3[O-])C[C@H]3OC(C)(C)O[C@H]3[C@@H]2O1.CC1(C)OC[C@H]([C@H]2OC(c3ccccc3)O[C@@H](C[C+]3C[C@H]4OC(C)(C)O[C@H]4[C@@H]3[C@H]3COC(C)(C)O3)[C@H]2[O-])O1.O=S(=O)=O.O=S(=O)=O.O=S(=O)=O.O=S(=O)=O.[O-][C@@H]([C@H](O)[C@H](O)CO)[C@@H](O)C[C+]1C[C@@H](O)[C@@H](O)[C@@H]1[C@H](O)CO.[O-][C@@H]([C@H](O)[C@H](O)CO)[C@@H](O)C[C+]1C[C@@H](O)[C@@H](O)[C@H](O)[C@@H]1CO. The van der Waals surface area contributed by atoms with Crippen LogP contribution in [-0.2, 0) is 118 Å². The van der Waals surface area contributed by atoms with E-state index in [0.717, 1.165) is 23.0 Å². The van der Waals surface area contributed by atoms with Crippen LogP contribution in [0.2, 0.25) is 0 Å². The molecule has 0 spiro atoms. The molecule has 0 radical (unpaired) electrons. The van der Waals surface area contributed by atoms with Gasteiger partial charge in [0.1, 0.15) is 173 Å². The quantitative estimate of drug-likeness (QED) is 0.0434. The van der Waals surface area contributed by atoms with Gasteiger partial charge >= 0.3 is 42.4 Å². The molecule has 4 saturated carbocycles. The third-order valence-corrected chi connectivity index (χ3v) is 24.5. The van der Waals surface area contributed by atoms with Crippen molar-refractivity contribution in [1.29, 1.82) is 0 Å². The van der Waals surface area contributed by atoms with Crippen molar-refractivity contribution in [3.05, 3.63) is 95.5 Å². The molecule has 8 aliphatic heterocycles. The maximum atomic E-state index is 13.9. The van der Waals surface area contributed by atoms with Crippen LogP contribution in [0.15, 0.2) is 60.7 Å². The molecular weight excluding hydrogens is 1910 g/mol. The molecule has 2 aromatic carbocycles. The van der Waals surface area contributed by atoms with E-state index in [2.05, 4.69) is 0 Å². The highest BCUT2D eigenvalue weighted by atomic mass is 32.2. The average molecular weight is 2030 g/mol. The Morgan fingerprint density at radius 1 is 0.375 bits per heavy atom. The molecule has 34 atom stereocenters. The lowest BCUT2D eigenvalue weighted by Gasteiger charge is -2.49. The highest BCUT2D eigenvalue weighted by Gasteiger charge is 2.67. The largest absolute Gasteiger partial charge is 0.848 e. The smallest absolute Gasteiger partial charge is 0.425 e. The fourth-order valence-corrected chi connectivity index (χ4v) is 18.5. The monoisotopic (exact) mass is 2030 g/mol. The van der Waals surface area contributed by atoms with Crippen LogP contribution >= 0.6 is 0 Å². The van der Waals surface area contributed by atoms with Crippen LogP contribution in [0.4, 0.5) is 0 Å². The first-order valence-corrected chi connectivity index (χ1v) is 47.6. The summed E-state index contributed by atoms with van der Waals surface area (Å²) in [5, 5.41) is 202. The van der Waals surface area contributed by atoms with Gasteiger partial charge in [0.2, 0.25) is 0 Å². The van der Waals surface area contributed by atoms with Crippen LogP contribution in [0.5, 0.6) is 0 Å². The van der Waals surface area contributed by atoms with Crippen LogP contribution in [0.1, 0.15) is 158 Å². The van der Waals surface area contributed by atoms with Crippen molar-refractivity contribution < 1.29 is 228 Å². The van der Waals surface area contributed by atoms with Gasteiger partial charge in [0.05, 0.1) is 102 Å². The zero-order valence-corrected chi connectivity index (χ0v) is 79.8. The van der Waals surface area contributed by atoms with Gasteiger partial charge in [-0.1, -0.05) is 85.1 Å². The first-order chi connectivity index (χ1) is 63.2. The minimum Gasteiger partial charge on any atom is -0.848 e. The third-order valence-electron chi connectivity index (χ3n) is 24.5. The summed E-state index contributed by atoms with van der Waals surface area (Å²) in [6, 6.07) is 19.4. The molecule has 776 valence electrons. The van der Waals surface area contributed by atoms with Gasteiger partial charge in [-0.25, -0.2) is 0 Å². The summed E-state index contributed by atoms with van der Waals surface area (Å²) >= 11 is 0. The van der Waals surface area contributed by atoms with Crippen molar-refractivity contribution in [3.8, 4) is 0 Å². The van der Waals surface area contributed by atoms with E-state index in [9.17, 15) is 86.8 Å². The van der Waals surface area contributed by atoms with Gasteiger partial charge in [0.25, 0.3) is 0 Å².